The first-order valence-corrected chi connectivity index (χ1v) is 20.7. The molecule has 4 aliphatic heterocycles. The van der Waals surface area contributed by atoms with Gasteiger partial charge in [0.25, 0.3) is 17.5 Å². The number of halogens is 6. The molecule has 58 heavy (non-hydrogen) atoms. The van der Waals surface area contributed by atoms with E-state index in [0.29, 0.717) is 53.7 Å². The predicted molar refractivity (Wildman–Crippen MR) is 224 cm³/mol. The average Bonchev–Trinajstić information content (AvgIpc) is 3.63. The number of hydrogen-bond donors (Lipinski definition) is 2. The fourth-order valence-corrected chi connectivity index (χ4v) is 9.47. The summed E-state index contributed by atoms with van der Waals surface area (Å²) in [4.78, 5) is 38.5. The molecular weight excluding hydrogens is 836 g/mol. The van der Waals surface area contributed by atoms with Gasteiger partial charge in [-0.3, -0.25) is 18.7 Å². The summed E-state index contributed by atoms with van der Waals surface area (Å²) in [7, 11) is 0. The predicted octanol–water partition coefficient (Wildman–Crippen LogP) is 6.99. The molecule has 4 saturated heterocycles. The normalized spacial score (nSPS) is 23.8. The van der Waals surface area contributed by atoms with E-state index in [9.17, 15) is 18.4 Å². The first-order chi connectivity index (χ1) is 27.6. The number of piperidine rings is 2. The van der Waals surface area contributed by atoms with Gasteiger partial charge in [0.2, 0.25) is 0 Å². The van der Waals surface area contributed by atoms with Gasteiger partial charge >= 0.3 is 0 Å². The topological polar surface area (TPSA) is 147 Å². The molecule has 4 atom stereocenters. The largest absolute Gasteiger partial charge is 0.376 e. The molecule has 0 saturated carbocycles. The van der Waals surface area contributed by atoms with Crippen LogP contribution in [0.4, 0.5) is 20.4 Å². The summed E-state index contributed by atoms with van der Waals surface area (Å²) < 4.78 is 41.5. The highest BCUT2D eigenvalue weighted by Crippen LogP contribution is 2.43. The van der Waals surface area contributed by atoms with Crippen LogP contribution in [0.25, 0.3) is 11.4 Å². The van der Waals surface area contributed by atoms with Crippen LogP contribution in [0.2, 0.25) is 20.1 Å². The molecule has 6 heterocycles. The van der Waals surface area contributed by atoms with E-state index in [0.717, 1.165) is 43.3 Å². The molecule has 2 spiro atoms. The molecular formula is C40H46Cl4F2N8O4. The van der Waals surface area contributed by atoms with Crippen molar-refractivity contribution in [2.75, 3.05) is 49.2 Å². The Bertz CT molecular complexity index is 2280. The summed E-state index contributed by atoms with van der Waals surface area (Å²) in [6.07, 6.45) is 0.470. The molecule has 0 bridgehead atoms. The summed E-state index contributed by atoms with van der Waals surface area (Å²) in [5.41, 5.74) is 12.4. The first-order valence-electron chi connectivity index (χ1n) is 19.2. The maximum Gasteiger partial charge on any atom is 0.296 e. The smallest absolute Gasteiger partial charge is 0.296 e. The highest BCUT2D eigenvalue weighted by atomic mass is 35.5. The number of nitrogens with two attached hydrogens (primary N) is 2. The van der Waals surface area contributed by atoms with Crippen LogP contribution in [0.5, 0.6) is 0 Å². The molecule has 18 heteroatoms. The Morgan fingerprint density at radius 3 is 1.52 bits per heavy atom. The molecule has 4 fully saturated rings. The standard InChI is InChI=1S/C20H22Cl2F2N4O2.C20H24Cl2N4O2/c1-11-17(25)20(10-30-11)5-7-27(8-6-20)14-9-15(29)28(19(26-14)18(23)24)13-4-2-3-12(21)16(13)22;1-12-19(23)20(11-28-12)6-8-25(9-7-20)16-10-17(27)26(13(2)24-16)15-5-3-4-14(21)18(15)22/h2-4,9,11,17-18H,5-8,10,25H2,1H3;3-5,10,12,19H,6-9,11,23H2,1-2H3/t11-,17+;12-,19+/m00/s1. The van der Waals surface area contributed by atoms with Gasteiger partial charge in [-0.15, -0.1) is 0 Å². The van der Waals surface area contributed by atoms with Gasteiger partial charge < -0.3 is 30.7 Å². The summed E-state index contributed by atoms with van der Waals surface area (Å²) in [6.45, 7) is 9.82. The molecule has 2 aromatic heterocycles. The molecule has 0 unspecified atom stereocenters. The van der Waals surface area contributed by atoms with Gasteiger partial charge in [-0.05, 0) is 70.7 Å². The summed E-state index contributed by atoms with van der Waals surface area (Å²) in [5, 5.41) is 0.923. The van der Waals surface area contributed by atoms with E-state index in [2.05, 4.69) is 14.9 Å². The molecule has 4 N–H and O–H groups in total. The van der Waals surface area contributed by atoms with Crippen molar-refractivity contribution in [3.05, 3.63) is 101 Å². The minimum Gasteiger partial charge on any atom is -0.376 e. The number of anilines is 2. The Labute approximate surface area is 354 Å². The Morgan fingerprint density at radius 2 is 1.12 bits per heavy atom. The number of ether oxygens (including phenoxy) is 2. The van der Waals surface area contributed by atoms with E-state index in [1.54, 1.807) is 31.2 Å². The van der Waals surface area contributed by atoms with Crippen LogP contribution in [0, 0.1) is 17.8 Å². The molecule has 8 rings (SSSR count). The zero-order valence-corrected chi connectivity index (χ0v) is 35.3. The number of benzene rings is 2. The molecule has 0 radical (unpaired) electrons. The highest BCUT2D eigenvalue weighted by Gasteiger charge is 2.49. The molecule has 4 aliphatic rings. The SMILES string of the molecule is C[C@@H]1OCC2(CCN(c3cc(=O)n(-c4cccc(Cl)c4Cl)c(C(F)F)n3)CC2)[C@@H]1N.Cc1nc(N2CCC3(CC2)CO[C@@H](C)[C@H]3N)cc(=O)n1-c1cccc(Cl)c1Cl. The number of hydrogen-bond acceptors (Lipinski definition) is 10. The van der Waals surface area contributed by atoms with Gasteiger partial charge in [-0.2, -0.15) is 0 Å². The van der Waals surface area contributed by atoms with E-state index in [-0.39, 0.29) is 62.2 Å². The Balaban J connectivity index is 0.000000177. The van der Waals surface area contributed by atoms with Gasteiger partial charge in [-0.1, -0.05) is 58.5 Å². The van der Waals surface area contributed by atoms with Gasteiger partial charge in [0, 0.05) is 61.2 Å². The second kappa shape index (κ2) is 17.0. The van der Waals surface area contributed by atoms with Crippen molar-refractivity contribution in [3.8, 4) is 11.4 Å². The zero-order chi connectivity index (χ0) is 41.7. The van der Waals surface area contributed by atoms with Crippen LogP contribution >= 0.6 is 46.4 Å². The molecule has 0 aliphatic carbocycles. The van der Waals surface area contributed by atoms with Crippen LogP contribution in [-0.4, -0.2) is 82.8 Å². The minimum absolute atomic E-state index is 0.00789. The Hall–Kier alpha value is -3.34. The average molecular weight is 883 g/mol. The lowest BCUT2D eigenvalue weighted by Crippen LogP contribution is -2.51. The van der Waals surface area contributed by atoms with Gasteiger partial charge in [0.15, 0.2) is 5.82 Å². The van der Waals surface area contributed by atoms with Crippen LogP contribution < -0.4 is 32.4 Å². The number of nitrogens with zero attached hydrogens (tertiary/aromatic N) is 6. The van der Waals surface area contributed by atoms with Crippen LogP contribution in [0.3, 0.4) is 0 Å². The molecule has 2 aromatic carbocycles. The van der Waals surface area contributed by atoms with Gasteiger partial charge in [-0.25, -0.2) is 18.7 Å². The lowest BCUT2D eigenvalue weighted by Gasteiger charge is -2.41. The van der Waals surface area contributed by atoms with Crippen molar-refractivity contribution in [2.24, 2.45) is 22.3 Å². The summed E-state index contributed by atoms with van der Waals surface area (Å²) in [6, 6.07) is 12.5. The van der Waals surface area contributed by atoms with Crippen molar-refractivity contribution in [3.63, 3.8) is 0 Å². The summed E-state index contributed by atoms with van der Waals surface area (Å²) >= 11 is 24.6. The highest BCUT2D eigenvalue weighted by molar-refractivity contribution is 6.43. The molecule has 0 amide bonds. The van der Waals surface area contributed by atoms with E-state index >= 15 is 0 Å². The maximum atomic E-state index is 13.9. The van der Waals surface area contributed by atoms with Crippen LogP contribution in [-0.2, 0) is 9.47 Å². The fourth-order valence-electron chi connectivity index (χ4n) is 8.71. The van der Waals surface area contributed by atoms with E-state index in [1.807, 2.05) is 18.7 Å². The lowest BCUT2D eigenvalue weighted by atomic mass is 9.73. The Morgan fingerprint density at radius 1 is 0.707 bits per heavy atom. The monoisotopic (exact) mass is 880 g/mol. The van der Waals surface area contributed by atoms with Crippen LogP contribution in [0.15, 0.2) is 58.1 Å². The number of alkyl halides is 2. The number of rotatable bonds is 5. The quantitative estimate of drug-likeness (QED) is 0.215. The van der Waals surface area contributed by atoms with Crippen molar-refractivity contribution < 1.29 is 18.3 Å². The minimum atomic E-state index is -2.97. The Kier molecular flexibility index (Phi) is 12.5. The van der Waals surface area contributed by atoms with Crippen molar-refractivity contribution in [2.45, 2.75) is 77.2 Å². The zero-order valence-electron chi connectivity index (χ0n) is 32.3. The fraction of sp³-hybridized carbons (Fsp3) is 0.500. The third kappa shape index (κ3) is 7.99. The van der Waals surface area contributed by atoms with Crippen molar-refractivity contribution in [1.29, 1.82) is 0 Å². The van der Waals surface area contributed by atoms with Gasteiger partial charge in [0.1, 0.15) is 17.5 Å². The number of aromatic nitrogens is 4. The number of aryl methyl sites for hydroxylation is 1. The van der Waals surface area contributed by atoms with E-state index in [4.69, 9.17) is 67.3 Å². The molecule has 312 valence electrons. The third-order valence-electron chi connectivity index (χ3n) is 12.4. The van der Waals surface area contributed by atoms with Crippen molar-refractivity contribution in [1.82, 2.24) is 19.1 Å². The second-order valence-electron chi connectivity index (χ2n) is 15.7. The third-order valence-corrected chi connectivity index (χ3v) is 14.0. The van der Waals surface area contributed by atoms with Crippen LogP contribution in [0.1, 0.15) is 57.6 Å². The van der Waals surface area contributed by atoms with Crippen molar-refractivity contribution >= 4 is 58.0 Å². The van der Waals surface area contributed by atoms with E-state index in [1.165, 1.54) is 28.8 Å². The van der Waals surface area contributed by atoms with Gasteiger partial charge in [0.05, 0.1) is 56.9 Å². The first kappa shape index (κ1) is 42.8. The van der Waals surface area contributed by atoms with E-state index < -0.39 is 17.8 Å². The molecule has 12 nitrogen and oxygen atoms in total. The molecule has 4 aromatic rings. The lowest BCUT2D eigenvalue weighted by molar-refractivity contribution is 0.0973. The summed E-state index contributed by atoms with van der Waals surface area (Å²) in [5.74, 6) is 0.810. The second-order valence-corrected chi connectivity index (χ2v) is 17.3. The maximum absolute atomic E-state index is 13.9.